The van der Waals surface area contributed by atoms with E-state index in [-0.39, 0.29) is 24.0 Å². The van der Waals surface area contributed by atoms with Crippen molar-refractivity contribution in [2.75, 3.05) is 6.54 Å². The fourth-order valence-electron chi connectivity index (χ4n) is 2.40. The van der Waals surface area contributed by atoms with Gasteiger partial charge < -0.3 is 16.2 Å². The van der Waals surface area contributed by atoms with E-state index in [9.17, 15) is 5.11 Å². The highest BCUT2D eigenvalue weighted by molar-refractivity contribution is 14.0. The molecule has 0 saturated heterocycles. The molecule has 114 valence electrons. The topological polar surface area (TPSA) is 70.6 Å². The Morgan fingerprint density at radius 2 is 2.20 bits per heavy atom. The molecule has 1 saturated carbocycles. The average Bonchev–Trinajstić information content (AvgIpc) is 2.92. The van der Waals surface area contributed by atoms with Crippen molar-refractivity contribution in [3.05, 3.63) is 22.4 Å². The third kappa shape index (κ3) is 5.21. The number of aliphatic hydroxyl groups is 1. The van der Waals surface area contributed by atoms with Crippen molar-refractivity contribution in [1.82, 2.24) is 5.32 Å². The van der Waals surface area contributed by atoms with E-state index in [0.29, 0.717) is 18.5 Å². The van der Waals surface area contributed by atoms with E-state index in [2.05, 4.69) is 10.3 Å². The monoisotopic (exact) mass is 409 g/mol. The first-order valence-electron chi connectivity index (χ1n) is 6.91. The van der Waals surface area contributed by atoms with Gasteiger partial charge in [0.25, 0.3) is 0 Å². The van der Waals surface area contributed by atoms with Crippen LogP contribution in [0.1, 0.15) is 43.9 Å². The zero-order chi connectivity index (χ0) is 13.7. The molecule has 2 rings (SSSR count). The van der Waals surface area contributed by atoms with Gasteiger partial charge in [0, 0.05) is 10.9 Å². The van der Waals surface area contributed by atoms with Crippen LogP contribution in [0.5, 0.6) is 0 Å². The van der Waals surface area contributed by atoms with Crippen LogP contribution in [0.4, 0.5) is 0 Å². The Morgan fingerprint density at radius 1 is 1.50 bits per heavy atom. The number of nitrogens with zero attached hydrogens (tertiary/aromatic N) is 1. The smallest absolute Gasteiger partial charge is 0.188 e. The van der Waals surface area contributed by atoms with Crippen LogP contribution < -0.4 is 11.1 Å². The summed E-state index contributed by atoms with van der Waals surface area (Å²) in [5, 5.41) is 15.6. The van der Waals surface area contributed by atoms with Gasteiger partial charge in [0.2, 0.25) is 0 Å². The summed E-state index contributed by atoms with van der Waals surface area (Å²) in [5.41, 5.74) is 4.96. The fraction of sp³-hybridized carbons (Fsp3) is 0.643. The summed E-state index contributed by atoms with van der Waals surface area (Å²) < 4.78 is 0. The van der Waals surface area contributed by atoms with Gasteiger partial charge in [-0.15, -0.1) is 35.3 Å². The second-order valence-corrected chi connectivity index (χ2v) is 6.38. The van der Waals surface area contributed by atoms with Crippen molar-refractivity contribution >= 4 is 41.3 Å². The highest BCUT2D eigenvalue weighted by Gasteiger charge is 2.24. The Kier molecular flexibility index (Phi) is 7.25. The van der Waals surface area contributed by atoms with E-state index in [1.807, 2.05) is 17.5 Å². The van der Waals surface area contributed by atoms with Gasteiger partial charge in [0.1, 0.15) is 5.60 Å². The van der Waals surface area contributed by atoms with Crippen molar-refractivity contribution in [1.29, 1.82) is 0 Å². The number of thiophene rings is 1. The molecule has 0 spiro atoms. The molecule has 0 aliphatic heterocycles. The van der Waals surface area contributed by atoms with E-state index in [4.69, 9.17) is 5.73 Å². The van der Waals surface area contributed by atoms with Crippen LogP contribution in [0, 0.1) is 0 Å². The Labute approximate surface area is 141 Å². The molecule has 1 aliphatic carbocycles. The second kappa shape index (κ2) is 8.19. The third-order valence-corrected chi connectivity index (χ3v) is 4.69. The zero-order valence-corrected chi connectivity index (χ0v) is 15.0. The molecule has 1 unspecified atom stereocenters. The van der Waals surface area contributed by atoms with Crippen molar-refractivity contribution in [2.45, 2.75) is 50.7 Å². The maximum atomic E-state index is 10.3. The highest BCUT2D eigenvalue weighted by atomic mass is 127. The molecule has 6 heteroatoms. The maximum absolute atomic E-state index is 10.3. The Balaban J connectivity index is 0.00000200. The molecule has 0 bridgehead atoms. The lowest BCUT2D eigenvalue weighted by molar-refractivity contribution is 0.0711. The summed E-state index contributed by atoms with van der Waals surface area (Å²) in [6.07, 6.45) is 6.17. The number of aliphatic imine (C=N–C) groups is 1. The van der Waals surface area contributed by atoms with E-state index in [0.717, 1.165) is 17.7 Å². The molecule has 0 amide bonds. The Hall–Kier alpha value is -0.340. The lowest BCUT2D eigenvalue weighted by Crippen LogP contribution is -2.41. The van der Waals surface area contributed by atoms with Crippen LogP contribution in [0.3, 0.4) is 0 Å². The summed E-state index contributed by atoms with van der Waals surface area (Å²) >= 11 is 1.54. The van der Waals surface area contributed by atoms with E-state index in [1.165, 1.54) is 30.6 Å². The van der Waals surface area contributed by atoms with Gasteiger partial charge in [-0.3, -0.25) is 4.99 Å². The lowest BCUT2D eigenvalue weighted by Gasteiger charge is -2.24. The van der Waals surface area contributed by atoms with Crippen molar-refractivity contribution in [3.63, 3.8) is 0 Å². The molecular weight excluding hydrogens is 385 g/mol. The average molecular weight is 409 g/mol. The van der Waals surface area contributed by atoms with E-state index in [1.54, 1.807) is 6.92 Å². The molecule has 0 aromatic carbocycles. The van der Waals surface area contributed by atoms with Gasteiger partial charge >= 0.3 is 0 Å². The first kappa shape index (κ1) is 17.7. The number of hydrogen-bond acceptors (Lipinski definition) is 3. The van der Waals surface area contributed by atoms with E-state index < -0.39 is 5.60 Å². The fourth-order valence-corrected chi connectivity index (χ4v) is 3.18. The normalized spacial score (nSPS) is 20.0. The SMILES string of the molecule is CC(O)(CN=C(N)NC1CCCCC1)c1cccs1.I. The van der Waals surface area contributed by atoms with Gasteiger partial charge in [-0.25, -0.2) is 0 Å². The minimum absolute atomic E-state index is 0. The molecule has 1 aromatic heterocycles. The number of nitrogens with two attached hydrogens (primary N) is 1. The number of hydrogen-bond donors (Lipinski definition) is 3. The minimum Gasteiger partial charge on any atom is -0.383 e. The number of guanidine groups is 1. The Morgan fingerprint density at radius 3 is 2.80 bits per heavy atom. The van der Waals surface area contributed by atoms with Crippen molar-refractivity contribution < 1.29 is 5.11 Å². The van der Waals surface area contributed by atoms with Gasteiger partial charge in [-0.1, -0.05) is 25.3 Å². The van der Waals surface area contributed by atoms with Gasteiger partial charge in [-0.05, 0) is 31.2 Å². The first-order chi connectivity index (χ1) is 9.08. The molecule has 0 radical (unpaired) electrons. The van der Waals surface area contributed by atoms with Gasteiger partial charge in [-0.2, -0.15) is 0 Å². The predicted octanol–water partition coefficient (Wildman–Crippen LogP) is 2.81. The van der Waals surface area contributed by atoms with Gasteiger partial charge in [0.15, 0.2) is 5.96 Å². The molecule has 1 fully saturated rings. The van der Waals surface area contributed by atoms with Crippen LogP contribution in [-0.4, -0.2) is 23.7 Å². The number of halogens is 1. The van der Waals surface area contributed by atoms with Crippen molar-refractivity contribution in [2.24, 2.45) is 10.7 Å². The summed E-state index contributed by atoms with van der Waals surface area (Å²) in [7, 11) is 0. The van der Waals surface area contributed by atoms with Crippen LogP contribution in [0.15, 0.2) is 22.5 Å². The van der Waals surface area contributed by atoms with E-state index >= 15 is 0 Å². The quantitative estimate of drug-likeness (QED) is 0.407. The largest absolute Gasteiger partial charge is 0.383 e. The molecule has 4 N–H and O–H groups in total. The van der Waals surface area contributed by atoms with Gasteiger partial charge in [0.05, 0.1) is 6.54 Å². The summed E-state index contributed by atoms with van der Waals surface area (Å²) in [5.74, 6) is 0.448. The summed E-state index contributed by atoms with van der Waals surface area (Å²) in [6.45, 7) is 2.06. The standard InChI is InChI=1S/C14H23N3OS.HI/c1-14(18,12-8-5-9-19-12)10-16-13(15)17-11-6-3-2-4-7-11;/h5,8-9,11,18H,2-4,6-7,10H2,1H3,(H3,15,16,17);1H. The molecule has 20 heavy (non-hydrogen) atoms. The number of rotatable bonds is 4. The third-order valence-electron chi connectivity index (χ3n) is 3.57. The number of nitrogens with one attached hydrogen (secondary N) is 1. The first-order valence-corrected chi connectivity index (χ1v) is 7.79. The zero-order valence-electron chi connectivity index (χ0n) is 11.8. The summed E-state index contributed by atoms with van der Waals surface area (Å²) in [4.78, 5) is 5.20. The van der Waals surface area contributed by atoms with Crippen LogP contribution in [-0.2, 0) is 5.60 Å². The predicted molar refractivity (Wildman–Crippen MR) is 95.8 cm³/mol. The molecule has 1 heterocycles. The molecule has 1 aromatic rings. The molecule has 1 aliphatic rings. The molecular formula is C14H24IN3OS. The highest BCUT2D eigenvalue weighted by Crippen LogP contribution is 2.25. The second-order valence-electron chi connectivity index (χ2n) is 5.43. The Bertz CT molecular complexity index is 414. The lowest BCUT2D eigenvalue weighted by atomic mass is 9.96. The van der Waals surface area contributed by atoms with Crippen LogP contribution in [0.25, 0.3) is 0 Å². The maximum Gasteiger partial charge on any atom is 0.188 e. The molecule has 1 atom stereocenters. The molecule has 4 nitrogen and oxygen atoms in total. The summed E-state index contributed by atoms with van der Waals surface area (Å²) in [6, 6.07) is 4.30. The minimum atomic E-state index is -0.937. The van der Waals surface area contributed by atoms with Crippen LogP contribution >= 0.6 is 35.3 Å². The van der Waals surface area contributed by atoms with Crippen LogP contribution in [0.2, 0.25) is 0 Å². The van der Waals surface area contributed by atoms with Crippen molar-refractivity contribution in [3.8, 4) is 0 Å².